The lowest BCUT2D eigenvalue weighted by Crippen LogP contribution is -2.25. The molecule has 0 aliphatic carbocycles. The van der Waals surface area contributed by atoms with Crippen molar-refractivity contribution in [1.82, 2.24) is 0 Å². The van der Waals surface area contributed by atoms with Crippen LogP contribution in [0.1, 0.15) is 0 Å². The number of hydrogen-bond acceptors (Lipinski definition) is 3. The molecule has 0 bridgehead atoms. The first kappa shape index (κ1) is 13.0. The number of carbonyl (C=O) groups excluding carboxylic acids is 1. The van der Waals surface area contributed by atoms with E-state index in [0.717, 1.165) is 0 Å². The molecule has 7 heteroatoms. The maximum atomic E-state index is 13.4. The minimum absolute atomic E-state index is 0.305. The molecule has 1 heterocycles. The Labute approximate surface area is 114 Å². The third-order valence-electron chi connectivity index (χ3n) is 2.37. The standard InChI is InChI=1S/C10H10FINO3P/c11-8-3-6(1-2-9(8)12)13-4-7(5-15-17)16-10(13)14/h1-3,7H,4-5,17H2/t7-/m1/s1. The molecule has 0 saturated carbocycles. The molecule has 2 atom stereocenters. The maximum absolute atomic E-state index is 13.4. The number of carbonyl (C=O) groups is 1. The Kier molecular flexibility index (Phi) is 4.17. The molecule has 1 unspecified atom stereocenters. The van der Waals surface area contributed by atoms with Crippen molar-refractivity contribution < 1.29 is 18.4 Å². The fourth-order valence-electron chi connectivity index (χ4n) is 1.58. The van der Waals surface area contributed by atoms with Crippen LogP contribution in [0.2, 0.25) is 0 Å². The van der Waals surface area contributed by atoms with Crippen molar-refractivity contribution in [2.45, 2.75) is 6.10 Å². The van der Waals surface area contributed by atoms with Crippen LogP contribution in [-0.4, -0.2) is 25.3 Å². The maximum Gasteiger partial charge on any atom is 0.414 e. The van der Waals surface area contributed by atoms with Crippen LogP contribution < -0.4 is 4.90 Å². The van der Waals surface area contributed by atoms with Gasteiger partial charge in [-0.25, -0.2) is 9.18 Å². The molecule has 4 nitrogen and oxygen atoms in total. The molecule has 0 radical (unpaired) electrons. The Morgan fingerprint density at radius 1 is 1.65 bits per heavy atom. The smallest absolute Gasteiger partial charge is 0.414 e. The van der Waals surface area contributed by atoms with Crippen molar-refractivity contribution in [1.29, 1.82) is 0 Å². The minimum atomic E-state index is -0.474. The number of cyclic esters (lactones) is 1. The normalized spacial score (nSPS) is 19.6. The molecule has 17 heavy (non-hydrogen) atoms. The molecule has 1 saturated heterocycles. The van der Waals surface area contributed by atoms with Crippen LogP contribution in [0.4, 0.5) is 14.9 Å². The van der Waals surface area contributed by atoms with Crippen molar-refractivity contribution in [3.05, 3.63) is 27.6 Å². The van der Waals surface area contributed by atoms with Crippen molar-refractivity contribution in [3.63, 3.8) is 0 Å². The second-order valence-electron chi connectivity index (χ2n) is 3.55. The Morgan fingerprint density at radius 3 is 3.06 bits per heavy atom. The molecule has 0 N–H and O–H groups in total. The van der Waals surface area contributed by atoms with Crippen molar-refractivity contribution in [2.24, 2.45) is 0 Å². The van der Waals surface area contributed by atoms with E-state index in [2.05, 4.69) is 9.47 Å². The second-order valence-corrected chi connectivity index (χ2v) is 5.04. The monoisotopic (exact) mass is 369 g/mol. The molecule has 0 spiro atoms. The number of nitrogens with zero attached hydrogens (tertiary/aromatic N) is 1. The van der Waals surface area contributed by atoms with Crippen LogP contribution >= 0.6 is 32.1 Å². The molecule has 1 fully saturated rings. The highest BCUT2D eigenvalue weighted by atomic mass is 127. The van der Waals surface area contributed by atoms with E-state index in [0.29, 0.717) is 22.4 Å². The summed E-state index contributed by atoms with van der Waals surface area (Å²) in [7, 11) is 2.10. The zero-order valence-electron chi connectivity index (χ0n) is 8.73. The molecule has 2 rings (SSSR count). The zero-order chi connectivity index (χ0) is 12.4. The van der Waals surface area contributed by atoms with Gasteiger partial charge in [-0.3, -0.25) is 4.90 Å². The van der Waals surface area contributed by atoms with E-state index in [4.69, 9.17) is 9.26 Å². The number of amides is 1. The third-order valence-corrected chi connectivity index (χ3v) is 3.44. The van der Waals surface area contributed by atoms with Gasteiger partial charge in [-0.2, -0.15) is 0 Å². The summed E-state index contributed by atoms with van der Waals surface area (Å²) in [5, 5.41) is 0. The molecule has 92 valence electrons. The van der Waals surface area contributed by atoms with Crippen LogP contribution in [0.3, 0.4) is 0 Å². The van der Waals surface area contributed by atoms with Crippen LogP contribution in [-0.2, 0) is 9.26 Å². The SMILES string of the molecule is O=C1O[C@@H](COP)CN1c1ccc(I)c(F)c1. The second kappa shape index (κ2) is 5.46. The summed E-state index contributed by atoms with van der Waals surface area (Å²) in [5.41, 5.74) is 0.499. The van der Waals surface area contributed by atoms with Crippen molar-refractivity contribution in [2.75, 3.05) is 18.1 Å². The summed E-state index contributed by atoms with van der Waals surface area (Å²) in [4.78, 5) is 13.0. The average molecular weight is 369 g/mol. The van der Waals surface area contributed by atoms with Gasteiger partial charge in [-0.1, -0.05) is 0 Å². The molecule has 1 aliphatic heterocycles. The summed E-state index contributed by atoms with van der Waals surface area (Å²) in [6, 6.07) is 4.64. The Morgan fingerprint density at radius 2 is 2.41 bits per heavy atom. The molecular weight excluding hydrogens is 359 g/mol. The highest BCUT2D eigenvalue weighted by molar-refractivity contribution is 14.1. The molecule has 0 aromatic heterocycles. The first-order valence-electron chi connectivity index (χ1n) is 4.86. The fraction of sp³-hybridized carbons (Fsp3) is 0.300. The van der Waals surface area contributed by atoms with Crippen LogP contribution in [0.25, 0.3) is 0 Å². The van der Waals surface area contributed by atoms with Gasteiger partial charge >= 0.3 is 6.09 Å². The van der Waals surface area contributed by atoms with Gasteiger partial charge < -0.3 is 9.26 Å². The summed E-state index contributed by atoms with van der Waals surface area (Å²) in [6.45, 7) is 0.674. The molecule has 1 amide bonds. The molecule has 1 aromatic carbocycles. The van der Waals surface area contributed by atoms with Gasteiger partial charge in [-0.15, -0.1) is 0 Å². The number of benzene rings is 1. The van der Waals surface area contributed by atoms with E-state index < -0.39 is 6.09 Å². The Hall–Kier alpha value is -0.460. The Bertz CT molecular complexity index is 446. The van der Waals surface area contributed by atoms with Crippen LogP contribution in [0.15, 0.2) is 18.2 Å². The quantitative estimate of drug-likeness (QED) is 0.608. The highest BCUT2D eigenvalue weighted by Crippen LogP contribution is 2.24. The van der Waals surface area contributed by atoms with Crippen molar-refractivity contribution >= 4 is 43.8 Å². The van der Waals surface area contributed by atoms with Gasteiger partial charge in [0.2, 0.25) is 0 Å². The summed E-state index contributed by atoms with van der Waals surface area (Å²) < 4.78 is 23.8. The van der Waals surface area contributed by atoms with Gasteiger partial charge in [0, 0.05) is 13.0 Å². The lowest BCUT2D eigenvalue weighted by atomic mass is 10.2. The summed E-state index contributed by atoms with van der Waals surface area (Å²) in [6.07, 6.45) is -0.792. The van der Waals surface area contributed by atoms with E-state index in [1.165, 1.54) is 11.0 Å². The zero-order valence-corrected chi connectivity index (χ0v) is 12.0. The largest absolute Gasteiger partial charge is 0.441 e. The lowest BCUT2D eigenvalue weighted by molar-refractivity contribution is 0.112. The van der Waals surface area contributed by atoms with E-state index in [1.54, 1.807) is 12.1 Å². The van der Waals surface area contributed by atoms with E-state index >= 15 is 0 Å². The van der Waals surface area contributed by atoms with Gasteiger partial charge in [0.15, 0.2) is 0 Å². The number of ether oxygens (including phenoxy) is 1. The molecule has 1 aliphatic rings. The van der Waals surface area contributed by atoms with Crippen LogP contribution in [0.5, 0.6) is 0 Å². The number of halogens is 2. The van der Waals surface area contributed by atoms with Gasteiger partial charge in [0.1, 0.15) is 11.9 Å². The first-order valence-corrected chi connectivity index (χ1v) is 6.41. The van der Waals surface area contributed by atoms with E-state index in [1.807, 2.05) is 22.6 Å². The van der Waals surface area contributed by atoms with Crippen LogP contribution in [0, 0.1) is 9.39 Å². The molecule has 1 aromatic rings. The Balaban J connectivity index is 2.17. The highest BCUT2D eigenvalue weighted by Gasteiger charge is 2.32. The number of anilines is 1. The third kappa shape index (κ3) is 2.86. The first-order chi connectivity index (χ1) is 8.11. The summed E-state index contributed by atoms with van der Waals surface area (Å²) >= 11 is 1.89. The number of rotatable bonds is 3. The molecular formula is C10H10FINO3P. The predicted molar refractivity (Wildman–Crippen MR) is 72.4 cm³/mol. The topological polar surface area (TPSA) is 38.8 Å². The van der Waals surface area contributed by atoms with E-state index in [9.17, 15) is 9.18 Å². The average Bonchev–Trinajstić information content (AvgIpc) is 2.64. The lowest BCUT2D eigenvalue weighted by Gasteiger charge is -2.13. The van der Waals surface area contributed by atoms with Gasteiger partial charge in [0.25, 0.3) is 0 Å². The fourth-order valence-corrected chi connectivity index (χ4v) is 2.13. The van der Waals surface area contributed by atoms with Gasteiger partial charge in [0.05, 0.1) is 18.8 Å². The van der Waals surface area contributed by atoms with Crippen molar-refractivity contribution in [3.8, 4) is 0 Å². The predicted octanol–water partition coefficient (Wildman–Crippen LogP) is 2.56. The minimum Gasteiger partial charge on any atom is -0.441 e. The van der Waals surface area contributed by atoms with E-state index in [-0.39, 0.29) is 11.9 Å². The van der Waals surface area contributed by atoms with Gasteiger partial charge in [-0.05, 0) is 40.8 Å². The summed E-state index contributed by atoms with van der Waals surface area (Å²) in [5.74, 6) is -0.346. The number of hydrogen-bond donors (Lipinski definition) is 0.